The highest BCUT2D eigenvalue weighted by Crippen LogP contribution is 2.13. The number of hydrogen-bond donors (Lipinski definition) is 0. The minimum Gasteiger partial charge on any atom is -0.457 e. The fraction of sp³-hybridized carbons (Fsp3) is 0.938. The number of unbranched alkanes of at least 4 members (excludes halogenated alkanes) is 9. The van der Waals surface area contributed by atoms with Crippen LogP contribution in [0, 0.1) is 5.92 Å². The Labute approximate surface area is 113 Å². The zero-order valence-corrected chi connectivity index (χ0v) is 12.4. The van der Waals surface area contributed by atoms with E-state index < -0.39 is 0 Å². The van der Waals surface area contributed by atoms with Gasteiger partial charge >= 0.3 is 6.47 Å². The van der Waals surface area contributed by atoms with Crippen LogP contribution >= 0.6 is 0 Å². The van der Waals surface area contributed by atoms with Crippen LogP contribution < -0.4 is 0 Å². The largest absolute Gasteiger partial charge is 0.457 e. The maximum absolute atomic E-state index is 9.78. The first-order chi connectivity index (χ1) is 8.77. The van der Waals surface area contributed by atoms with Crippen molar-refractivity contribution in [3.8, 4) is 0 Å². The molecule has 0 aliphatic heterocycles. The van der Waals surface area contributed by atoms with Crippen molar-refractivity contribution in [2.45, 2.75) is 84.5 Å². The maximum Gasteiger partial charge on any atom is 0.417 e. The van der Waals surface area contributed by atoms with Crippen molar-refractivity contribution in [3.05, 3.63) is 0 Å². The molecule has 2 heteroatoms. The molecule has 107 valence electrons. The molecule has 0 atom stereocenters. The van der Waals surface area contributed by atoms with Gasteiger partial charge in [-0.05, 0) is 12.3 Å². The SMILES string of the molecule is CC(C)CCCCCCCCCCCCO[C]=O. The van der Waals surface area contributed by atoms with Crippen molar-refractivity contribution in [2.24, 2.45) is 5.92 Å². The molecule has 0 saturated carbocycles. The van der Waals surface area contributed by atoms with Crippen molar-refractivity contribution in [1.29, 1.82) is 0 Å². The second-order valence-electron chi connectivity index (χ2n) is 5.65. The Morgan fingerprint density at radius 1 is 0.778 bits per heavy atom. The summed E-state index contributed by atoms with van der Waals surface area (Å²) in [7, 11) is 0. The number of rotatable bonds is 14. The van der Waals surface area contributed by atoms with E-state index in [1.54, 1.807) is 0 Å². The zero-order valence-electron chi connectivity index (χ0n) is 12.4. The summed E-state index contributed by atoms with van der Waals surface area (Å²) in [6.07, 6.45) is 14.6. The Hall–Kier alpha value is -0.530. The van der Waals surface area contributed by atoms with Crippen LogP contribution in [0.15, 0.2) is 0 Å². The molecule has 0 aromatic rings. The normalized spacial score (nSPS) is 10.8. The summed E-state index contributed by atoms with van der Waals surface area (Å²) >= 11 is 0. The number of hydrogen-bond acceptors (Lipinski definition) is 2. The van der Waals surface area contributed by atoms with Crippen molar-refractivity contribution < 1.29 is 9.53 Å². The molecule has 0 rings (SSSR count). The highest BCUT2D eigenvalue weighted by atomic mass is 16.5. The van der Waals surface area contributed by atoms with Crippen LogP contribution in [0.1, 0.15) is 84.5 Å². The van der Waals surface area contributed by atoms with Crippen molar-refractivity contribution in [3.63, 3.8) is 0 Å². The van der Waals surface area contributed by atoms with Crippen LogP contribution in [-0.4, -0.2) is 13.1 Å². The standard InChI is InChI=1S/C16H31O2/c1-16(2)13-11-9-7-5-3-4-6-8-10-12-14-18-15-17/h16H,3-14H2,1-2H3. The van der Waals surface area contributed by atoms with Gasteiger partial charge in [0.2, 0.25) is 0 Å². The fourth-order valence-corrected chi connectivity index (χ4v) is 2.18. The average Bonchev–Trinajstić information content (AvgIpc) is 2.34. The minimum absolute atomic E-state index is 0.541. The van der Waals surface area contributed by atoms with Gasteiger partial charge < -0.3 is 4.74 Å². The van der Waals surface area contributed by atoms with Gasteiger partial charge in [-0.15, -0.1) is 0 Å². The molecule has 0 aromatic heterocycles. The van der Waals surface area contributed by atoms with E-state index in [-0.39, 0.29) is 0 Å². The first kappa shape index (κ1) is 17.5. The second kappa shape index (κ2) is 14.5. The molecule has 0 spiro atoms. The van der Waals surface area contributed by atoms with Crippen LogP contribution in [0.5, 0.6) is 0 Å². The lowest BCUT2D eigenvalue weighted by Crippen LogP contribution is -1.91. The lowest BCUT2D eigenvalue weighted by atomic mass is 10.0. The van der Waals surface area contributed by atoms with Crippen molar-refractivity contribution in [2.75, 3.05) is 6.61 Å². The lowest BCUT2D eigenvalue weighted by Gasteiger charge is -2.04. The minimum atomic E-state index is 0.541. The first-order valence-electron chi connectivity index (χ1n) is 7.76. The molecule has 0 aliphatic carbocycles. The molecule has 18 heavy (non-hydrogen) atoms. The molecule has 1 radical (unpaired) electrons. The predicted octanol–water partition coefficient (Wildman–Crippen LogP) is 5.02. The molecule has 0 amide bonds. The molecule has 0 heterocycles. The number of ether oxygens (including phenoxy) is 1. The van der Waals surface area contributed by atoms with Crippen molar-refractivity contribution in [1.82, 2.24) is 0 Å². The van der Waals surface area contributed by atoms with Crippen molar-refractivity contribution >= 4 is 6.47 Å². The van der Waals surface area contributed by atoms with Gasteiger partial charge in [0.1, 0.15) is 0 Å². The quantitative estimate of drug-likeness (QED) is 0.407. The average molecular weight is 255 g/mol. The van der Waals surface area contributed by atoms with E-state index in [4.69, 9.17) is 0 Å². The van der Waals surface area contributed by atoms with E-state index >= 15 is 0 Å². The highest BCUT2D eigenvalue weighted by molar-refractivity contribution is 5.37. The van der Waals surface area contributed by atoms with Gasteiger partial charge in [-0.1, -0.05) is 78.1 Å². The van der Waals surface area contributed by atoms with Crippen LogP contribution in [0.2, 0.25) is 0 Å². The molecule has 0 fully saturated rings. The third-order valence-corrected chi connectivity index (χ3v) is 3.34. The van der Waals surface area contributed by atoms with E-state index in [0.717, 1.165) is 12.3 Å². The summed E-state index contributed by atoms with van der Waals surface area (Å²) < 4.78 is 4.53. The van der Waals surface area contributed by atoms with Gasteiger partial charge in [-0.25, -0.2) is 4.79 Å². The predicted molar refractivity (Wildman–Crippen MR) is 77.3 cm³/mol. The van der Waals surface area contributed by atoms with Crippen LogP contribution in [0.25, 0.3) is 0 Å². The molecule has 0 aliphatic rings. The molecule has 0 bridgehead atoms. The van der Waals surface area contributed by atoms with Crippen LogP contribution in [-0.2, 0) is 9.53 Å². The molecule has 0 saturated heterocycles. The van der Waals surface area contributed by atoms with E-state index in [9.17, 15) is 4.79 Å². The summed E-state index contributed by atoms with van der Waals surface area (Å²) in [5.74, 6) is 0.866. The van der Waals surface area contributed by atoms with Gasteiger partial charge in [0.15, 0.2) is 0 Å². The third-order valence-electron chi connectivity index (χ3n) is 3.34. The van der Waals surface area contributed by atoms with Gasteiger partial charge in [-0.2, -0.15) is 0 Å². The monoisotopic (exact) mass is 255 g/mol. The summed E-state index contributed by atoms with van der Waals surface area (Å²) in [5.41, 5.74) is 0. The molecule has 2 nitrogen and oxygen atoms in total. The maximum atomic E-state index is 9.78. The van der Waals surface area contributed by atoms with Gasteiger partial charge in [0.05, 0.1) is 6.61 Å². The fourth-order valence-electron chi connectivity index (χ4n) is 2.18. The molecular weight excluding hydrogens is 224 g/mol. The van der Waals surface area contributed by atoms with Gasteiger partial charge in [-0.3, -0.25) is 0 Å². The van der Waals surface area contributed by atoms with E-state index in [1.807, 2.05) is 0 Å². The Morgan fingerprint density at radius 2 is 1.22 bits per heavy atom. The highest BCUT2D eigenvalue weighted by Gasteiger charge is 1.95. The molecular formula is C16H31O2. The summed E-state index contributed by atoms with van der Waals surface area (Å²) in [6, 6.07) is 0. The van der Waals surface area contributed by atoms with Crippen LogP contribution in [0.4, 0.5) is 0 Å². The van der Waals surface area contributed by atoms with Gasteiger partial charge in [0.25, 0.3) is 0 Å². The number of carbonyl (C=O) groups excluding carboxylic acids is 1. The first-order valence-corrected chi connectivity index (χ1v) is 7.76. The Balaban J connectivity index is 2.92. The Morgan fingerprint density at radius 3 is 1.67 bits per heavy atom. The zero-order chi connectivity index (χ0) is 13.5. The summed E-state index contributed by atoms with van der Waals surface area (Å²) in [6.45, 7) is 6.61. The third kappa shape index (κ3) is 15.5. The van der Waals surface area contributed by atoms with Gasteiger partial charge in [0, 0.05) is 0 Å². The lowest BCUT2D eigenvalue weighted by molar-refractivity contribution is 0.268. The second-order valence-corrected chi connectivity index (χ2v) is 5.65. The topological polar surface area (TPSA) is 26.3 Å². The summed E-state index contributed by atoms with van der Waals surface area (Å²) in [5, 5.41) is 0. The van der Waals surface area contributed by atoms with E-state index in [2.05, 4.69) is 18.6 Å². The van der Waals surface area contributed by atoms with E-state index in [0.29, 0.717) is 6.61 Å². The molecule has 0 aromatic carbocycles. The summed E-state index contributed by atoms with van der Waals surface area (Å²) in [4.78, 5) is 9.78. The Kier molecular flexibility index (Phi) is 14.1. The smallest absolute Gasteiger partial charge is 0.417 e. The Bertz CT molecular complexity index is 166. The van der Waals surface area contributed by atoms with E-state index in [1.165, 1.54) is 70.7 Å². The molecule has 0 unspecified atom stereocenters. The molecule has 0 N–H and O–H groups in total. The van der Waals surface area contributed by atoms with Crippen LogP contribution in [0.3, 0.4) is 0 Å².